The van der Waals surface area contributed by atoms with E-state index in [-0.39, 0.29) is 0 Å². The first-order chi connectivity index (χ1) is 7.78. The molecule has 0 unspecified atom stereocenters. The molecule has 0 bridgehead atoms. The van der Waals surface area contributed by atoms with E-state index in [0.29, 0.717) is 5.02 Å². The zero-order valence-corrected chi connectivity index (χ0v) is 9.03. The molecule has 1 heterocycles. The molecule has 1 radical (unpaired) electrons. The second-order valence-corrected chi connectivity index (χ2v) is 4.06. The van der Waals surface area contributed by atoms with E-state index in [9.17, 15) is 0 Å². The van der Waals surface area contributed by atoms with E-state index in [1.807, 2.05) is 24.3 Å². The summed E-state index contributed by atoms with van der Waals surface area (Å²) in [7, 11) is 1.06. The number of halogens is 1. The van der Waals surface area contributed by atoms with Gasteiger partial charge in [-0.2, -0.15) is 0 Å². The highest BCUT2D eigenvalue weighted by molar-refractivity contribution is 6.46. The van der Waals surface area contributed by atoms with Crippen LogP contribution in [-0.2, 0) is 0 Å². The number of benzene rings is 2. The van der Waals surface area contributed by atoms with E-state index >= 15 is 0 Å². The number of furan rings is 1. The largest absolute Gasteiger partial charge is 0.456 e. The molecule has 3 rings (SSSR count). The minimum atomic E-state index is 0.653. The van der Waals surface area contributed by atoms with Crippen LogP contribution in [-0.4, -0.2) is 12.5 Å². The summed E-state index contributed by atoms with van der Waals surface area (Å²) in [5.41, 5.74) is 2.23. The monoisotopic (exact) mass is 229 g/mol. The fourth-order valence-electron chi connectivity index (χ4n) is 1.85. The molecule has 0 saturated carbocycles. The van der Waals surface area contributed by atoms with Crippen molar-refractivity contribution in [2.45, 2.75) is 0 Å². The molecule has 0 atom stereocenters. The average Bonchev–Trinajstić information content (AvgIpc) is 2.64. The highest BCUT2D eigenvalue weighted by atomic mass is 35.5. The summed E-state index contributed by atoms with van der Waals surface area (Å²) in [6, 6.07) is 11.1. The minimum absolute atomic E-state index is 0.653. The minimum Gasteiger partial charge on any atom is -0.456 e. The molecule has 2 aromatic carbocycles. The van der Waals surface area contributed by atoms with Crippen molar-refractivity contribution in [1.82, 2.24) is 0 Å². The van der Waals surface area contributed by atoms with Crippen molar-refractivity contribution < 1.29 is 9.44 Å². The van der Waals surface area contributed by atoms with Gasteiger partial charge in [0.15, 0.2) is 0 Å². The lowest BCUT2D eigenvalue weighted by Crippen LogP contribution is -2.11. The van der Waals surface area contributed by atoms with Crippen LogP contribution in [0.5, 0.6) is 0 Å². The van der Waals surface area contributed by atoms with E-state index in [1.54, 1.807) is 12.1 Å². The zero-order valence-electron chi connectivity index (χ0n) is 8.27. The molecular weight excluding hydrogens is 222 g/mol. The molecule has 16 heavy (non-hydrogen) atoms. The van der Waals surface area contributed by atoms with E-state index in [2.05, 4.69) is 0 Å². The second kappa shape index (κ2) is 3.54. The Labute approximate surface area is 97.7 Å². The van der Waals surface area contributed by atoms with Gasteiger partial charge in [0, 0.05) is 21.9 Å². The van der Waals surface area contributed by atoms with Crippen molar-refractivity contribution in [3.8, 4) is 0 Å². The average molecular weight is 229 g/mol. The predicted octanol–water partition coefficient (Wildman–Crippen LogP) is 2.48. The summed E-state index contributed by atoms with van der Waals surface area (Å²) in [6.45, 7) is 0. The lowest BCUT2D eigenvalue weighted by atomic mass is 9.88. The SMILES string of the molecule is O[B]c1ccc2c(c1)oc1cc(Cl)ccc12. The van der Waals surface area contributed by atoms with Crippen LogP contribution in [0, 0.1) is 0 Å². The Balaban J connectivity index is 2.40. The zero-order chi connectivity index (χ0) is 11.1. The third-order valence-corrected chi connectivity index (χ3v) is 2.84. The third kappa shape index (κ3) is 1.40. The summed E-state index contributed by atoms with van der Waals surface area (Å²) in [6.07, 6.45) is 0. The summed E-state index contributed by atoms with van der Waals surface area (Å²) >= 11 is 5.90. The molecule has 4 heteroatoms. The van der Waals surface area contributed by atoms with Gasteiger partial charge >= 0.3 is 7.48 Å². The summed E-state index contributed by atoms with van der Waals surface area (Å²) in [5.74, 6) is 0. The molecule has 0 amide bonds. The van der Waals surface area contributed by atoms with Crippen LogP contribution in [0.2, 0.25) is 5.02 Å². The maximum Gasteiger partial charge on any atom is 0.326 e. The lowest BCUT2D eigenvalue weighted by Gasteiger charge is -1.92. The van der Waals surface area contributed by atoms with Crippen molar-refractivity contribution in [3.63, 3.8) is 0 Å². The van der Waals surface area contributed by atoms with Gasteiger partial charge in [-0.15, -0.1) is 0 Å². The third-order valence-electron chi connectivity index (χ3n) is 2.61. The van der Waals surface area contributed by atoms with E-state index in [0.717, 1.165) is 34.9 Å². The molecule has 1 aromatic heterocycles. The number of hydrogen-bond acceptors (Lipinski definition) is 2. The normalized spacial score (nSPS) is 11.1. The molecule has 0 saturated heterocycles. The second-order valence-electron chi connectivity index (χ2n) is 3.63. The van der Waals surface area contributed by atoms with Gasteiger partial charge in [0.05, 0.1) is 0 Å². The molecule has 0 aliphatic heterocycles. The van der Waals surface area contributed by atoms with Crippen molar-refractivity contribution in [1.29, 1.82) is 0 Å². The Hall–Kier alpha value is -1.45. The topological polar surface area (TPSA) is 33.4 Å². The molecule has 1 N–H and O–H groups in total. The van der Waals surface area contributed by atoms with Gasteiger partial charge in [-0.3, -0.25) is 0 Å². The quantitative estimate of drug-likeness (QED) is 0.650. The fourth-order valence-corrected chi connectivity index (χ4v) is 2.01. The molecular formula is C12H7BClO2. The number of hydrogen-bond donors (Lipinski definition) is 1. The van der Waals surface area contributed by atoms with Crippen LogP contribution < -0.4 is 5.46 Å². The van der Waals surface area contributed by atoms with Crippen LogP contribution >= 0.6 is 11.6 Å². The van der Waals surface area contributed by atoms with Gasteiger partial charge in [0.25, 0.3) is 0 Å². The Kier molecular flexibility index (Phi) is 2.16. The predicted molar refractivity (Wildman–Crippen MR) is 66.3 cm³/mol. The first kappa shape index (κ1) is 9.76. The Morgan fingerprint density at radius 2 is 1.69 bits per heavy atom. The lowest BCUT2D eigenvalue weighted by molar-refractivity contribution is 0.615. The number of rotatable bonds is 1. The van der Waals surface area contributed by atoms with Crippen molar-refractivity contribution in [2.24, 2.45) is 0 Å². The molecule has 2 nitrogen and oxygen atoms in total. The summed E-state index contributed by atoms with van der Waals surface area (Å²) < 4.78 is 5.66. The molecule has 0 aliphatic carbocycles. The maximum atomic E-state index is 8.93. The Morgan fingerprint density at radius 1 is 1.00 bits per heavy atom. The summed E-state index contributed by atoms with van der Waals surface area (Å²) in [5, 5.41) is 11.6. The Bertz CT molecular complexity index is 675. The highest BCUT2D eigenvalue weighted by Crippen LogP contribution is 2.29. The van der Waals surface area contributed by atoms with E-state index in [4.69, 9.17) is 21.0 Å². The van der Waals surface area contributed by atoms with Crippen LogP contribution in [0.15, 0.2) is 40.8 Å². The van der Waals surface area contributed by atoms with Gasteiger partial charge in [-0.25, -0.2) is 0 Å². The molecule has 0 spiro atoms. The van der Waals surface area contributed by atoms with Gasteiger partial charge in [-0.1, -0.05) is 23.7 Å². The first-order valence-corrected chi connectivity index (χ1v) is 5.25. The van der Waals surface area contributed by atoms with Gasteiger partial charge in [0.1, 0.15) is 11.2 Å². The Morgan fingerprint density at radius 3 is 2.44 bits per heavy atom. The van der Waals surface area contributed by atoms with Crippen molar-refractivity contribution >= 4 is 46.5 Å². The van der Waals surface area contributed by atoms with E-state index in [1.165, 1.54) is 0 Å². The summed E-state index contributed by atoms with van der Waals surface area (Å²) in [4.78, 5) is 0. The number of fused-ring (bicyclic) bond motifs is 3. The van der Waals surface area contributed by atoms with Crippen LogP contribution in [0.4, 0.5) is 0 Å². The van der Waals surface area contributed by atoms with Gasteiger partial charge < -0.3 is 9.44 Å². The van der Waals surface area contributed by atoms with Crippen molar-refractivity contribution in [2.75, 3.05) is 0 Å². The van der Waals surface area contributed by atoms with Crippen LogP contribution in [0.3, 0.4) is 0 Å². The van der Waals surface area contributed by atoms with Gasteiger partial charge in [0.2, 0.25) is 0 Å². The molecule has 0 aliphatic rings. The molecule has 0 fully saturated rings. The standard InChI is InChI=1S/C12H7BClO2/c14-8-2-4-10-9-3-1-7(13-15)5-11(9)16-12(10)6-8/h1-6,15H. The molecule has 77 valence electrons. The van der Waals surface area contributed by atoms with E-state index < -0.39 is 0 Å². The van der Waals surface area contributed by atoms with Crippen LogP contribution in [0.25, 0.3) is 21.9 Å². The van der Waals surface area contributed by atoms with Crippen molar-refractivity contribution in [3.05, 3.63) is 41.4 Å². The molecule has 3 aromatic rings. The van der Waals surface area contributed by atoms with Crippen LogP contribution in [0.1, 0.15) is 0 Å². The van der Waals surface area contributed by atoms with Gasteiger partial charge in [-0.05, 0) is 23.7 Å². The maximum absolute atomic E-state index is 8.93. The highest BCUT2D eigenvalue weighted by Gasteiger charge is 2.07. The smallest absolute Gasteiger partial charge is 0.326 e. The fraction of sp³-hybridized carbons (Fsp3) is 0. The first-order valence-electron chi connectivity index (χ1n) is 4.87.